The largest absolute Gasteiger partial charge is 0.493 e. The van der Waals surface area contributed by atoms with Crippen LogP contribution in [0.15, 0.2) is 41.5 Å². The highest BCUT2D eigenvalue weighted by molar-refractivity contribution is 14.1. The third-order valence-corrected chi connectivity index (χ3v) is 4.07. The molecule has 2 amide bonds. The number of nitrogens with one attached hydrogen (secondary N) is 1. The molecule has 0 atom stereocenters. The molecular formula is C17H18IN3O3. The molecule has 0 spiro atoms. The number of carbonyl (C=O) groups excluding carboxylic acids is 1. The number of rotatable bonds is 6. The fraction of sp³-hybridized carbons (Fsp3) is 0.176. The molecule has 2 rings (SSSR count). The van der Waals surface area contributed by atoms with Gasteiger partial charge in [-0.1, -0.05) is 24.3 Å². The topological polar surface area (TPSA) is 85.9 Å². The molecule has 0 aromatic heterocycles. The summed E-state index contributed by atoms with van der Waals surface area (Å²) >= 11 is 2.17. The molecule has 0 aliphatic carbocycles. The predicted octanol–water partition coefficient (Wildman–Crippen LogP) is 3.19. The lowest BCUT2D eigenvalue weighted by Gasteiger charge is -2.14. The molecule has 0 aliphatic heterocycles. The van der Waals surface area contributed by atoms with Crippen LogP contribution in [0.4, 0.5) is 4.79 Å². The van der Waals surface area contributed by atoms with Crippen LogP contribution >= 0.6 is 22.6 Å². The normalized spacial score (nSPS) is 10.6. The summed E-state index contributed by atoms with van der Waals surface area (Å²) in [4.78, 5) is 10.6. The van der Waals surface area contributed by atoms with Gasteiger partial charge in [-0.3, -0.25) is 0 Å². The third-order valence-electron chi connectivity index (χ3n) is 3.27. The van der Waals surface area contributed by atoms with Gasteiger partial charge in [-0.15, -0.1) is 0 Å². The van der Waals surface area contributed by atoms with E-state index < -0.39 is 6.03 Å². The standard InChI is InChI=1S/C17H18IN3O3/c1-11-5-3-4-6-13(11)10-24-16-14(18)7-12(8-15(16)23-2)9-20-21-17(19)22/h3-9H,10H2,1-2H3,(H3,19,21,22)/b20-9-. The van der Waals surface area contributed by atoms with Crippen molar-refractivity contribution in [3.05, 3.63) is 56.7 Å². The van der Waals surface area contributed by atoms with Crippen LogP contribution in [-0.2, 0) is 6.61 Å². The molecule has 0 fully saturated rings. The van der Waals surface area contributed by atoms with E-state index in [1.54, 1.807) is 13.2 Å². The molecule has 7 heteroatoms. The Hall–Kier alpha value is -2.29. The number of hydrogen-bond donors (Lipinski definition) is 2. The van der Waals surface area contributed by atoms with Crippen LogP contribution in [0.25, 0.3) is 0 Å². The fourth-order valence-corrected chi connectivity index (χ4v) is 2.83. The Morgan fingerprint density at radius 1 is 1.38 bits per heavy atom. The second-order valence-electron chi connectivity index (χ2n) is 4.98. The van der Waals surface area contributed by atoms with Gasteiger partial charge in [0.2, 0.25) is 0 Å². The van der Waals surface area contributed by atoms with Crippen molar-refractivity contribution in [1.82, 2.24) is 5.43 Å². The van der Waals surface area contributed by atoms with Crippen molar-refractivity contribution in [3.63, 3.8) is 0 Å². The molecule has 6 nitrogen and oxygen atoms in total. The van der Waals surface area contributed by atoms with Crippen LogP contribution in [0.2, 0.25) is 0 Å². The highest BCUT2D eigenvalue weighted by Gasteiger charge is 2.12. The second kappa shape index (κ2) is 8.53. The fourth-order valence-electron chi connectivity index (χ4n) is 2.05. The van der Waals surface area contributed by atoms with Crippen molar-refractivity contribution in [3.8, 4) is 11.5 Å². The second-order valence-corrected chi connectivity index (χ2v) is 6.15. The first-order valence-electron chi connectivity index (χ1n) is 7.14. The Labute approximate surface area is 154 Å². The van der Waals surface area contributed by atoms with Gasteiger partial charge < -0.3 is 15.2 Å². The predicted molar refractivity (Wildman–Crippen MR) is 102 cm³/mol. The van der Waals surface area contributed by atoms with Crippen molar-refractivity contribution in [2.75, 3.05) is 7.11 Å². The number of aryl methyl sites for hydroxylation is 1. The van der Waals surface area contributed by atoms with Crippen molar-refractivity contribution in [1.29, 1.82) is 0 Å². The molecule has 0 saturated carbocycles. The van der Waals surface area contributed by atoms with Crippen molar-refractivity contribution in [2.24, 2.45) is 10.8 Å². The van der Waals surface area contributed by atoms with Gasteiger partial charge >= 0.3 is 6.03 Å². The number of urea groups is 1. The highest BCUT2D eigenvalue weighted by Crippen LogP contribution is 2.34. The molecular weight excluding hydrogens is 421 g/mol. The SMILES string of the molecule is COc1cc(/C=N\NC(N)=O)cc(I)c1OCc1ccccc1C. The average molecular weight is 439 g/mol. The lowest BCUT2D eigenvalue weighted by Crippen LogP contribution is -2.24. The van der Waals surface area contributed by atoms with Crippen LogP contribution in [0.1, 0.15) is 16.7 Å². The molecule has 0 heterocycles. The van der Waals surface area contributed by atoms with E-state index in [0.717, 1.165) is 14.7 Å². The molecule has 0 aliphatic rings. The van der Waals surface area contributed by atoms with Gasteiger partial charge in [0.25, 0.3) is 0 Å². The number of amides is 2. The Balaban J connectivity index is 2.19. The highest BCUT2D eigenvalue weighted by atomic mass is 127. The third kappa shape index (κ3) is 4.85. The molecule has 2 aromatic carbocycles. The summed E-state index contributed by atoms with van der Waals surface area (Å²) in [5.74, 6) is 1.26. The van der Waals surface area contributed by atoms with Gasteiger partial charge in [0.1, 0.15) is 6.61 Å². The number of benzene rings is 2. The summed E-state index contributed by atoms with van der Waals surface area (Å²) in [7, 11) is 1.58. The number of hydrazone groups is 1. The molecule has 3 N–H and O–H groups in total. The van der Waals surface area contributed by atoms with Gasteiger partial charge in [-0.25, -0.2) is 10.2 Å². The van der Waals surface area contributed by atoms with Crippen LogP contribution in [0.3, 0.4) is 0 Å². The zero-order valence-corrected chi connectivity index (χ0v) is 15.5. The van der Waals surface area contributed by atoms with E-state index in [1.807, 2.05) is 37.3 Å². The molecule has 0 unspecified atom stereocenters. The summed E-state index contributed by atoms with van der Waals surface area (Å²) < 4.78 is 12.2. The number of nitrogens with two attached hydrogens (primary N) is 1. The van der Waals surface area contributed by atoms with Crippen molar-refractivity contribution < 1.29 is 14.3 Å². The number of methoxy groups -OCH3 is 1. The molecule has 24 heavy (non-hydrogen) atoms. The van der Waals surface area contributed by atoms with Crippen molar-refractivity contribution in [2.45, 2.75) is 13.5 Å². The lowest BCUT2D eigenvalue weighted by molar-refractivity contribution is 0.249. The Kier molecular flexibility index (Phi) is 6.42. The summed E-state index contributed by atoms with van der Waals surface area (Å²) in [6.45, 7) is 2.50. The van der Waals surface area contributed by atoms with Crippen molar-refractivity contribution >= 4 is 34.8 Å². The average Bonchev–Trinajstić information content (AvgIpc) is 2.54. The zero-order valence-electron chi connectivity index (χ0n) is 13.4. The summed E-state index contributed by atoms with van der Waals surface area (Å²) in [6.07, 6.45) is 1.49. The smallest absolute Gasteiger partial charge is 0.332 e. The first kappa shape index (κ1) is 18.1. The number of halogens is 1. The van der Waals surface area contributed by atoms with E-state index >= 15 is 0 Å². The number of carbonyl (C=O) groups is 1. The van der Waals surface area contributed by atoms with E-state index in [-0.39, 0.29) is 0 Å². The van der Waals surface area contributed by atoms with Gasteiger partial charge in [0, 0.05) is 0 Å². The zero-order chi connectivity index (χ0) is 17.5. The molecule has 0 radical (unpaired) electrons. The van der Waals surface area contributed by atoms with E-state index in [4.69, 9.17) is 15.2 Å². The first-order valence-corrected chi connectivity index (χ1v) is 8.22. The van der Waals surface area contributed by atoms with Gasteiger partial charge in [-0.2, -0.15) is 5.10 Å². The number of ether oxygens (including phenoxy) is 2. The Morgan fingerprint density at radius 3 is 2.79 bits per heavy atom. The minimum Gasteiger partial charge on any atom is -0.493 e. The quantitative estimate of drug-likeness (QED) is 0.412. The minimum absolute atomic E-state index is 0.454. The van der Waals surface area contributed by atoms with E-state index in [1.165, 1.54) is 11.8 Å². The van der Waals surface area contributed by atoms with E-state index in [9.17, 15) is 4.79 Å². The maximum atomic E-state index is 10.6. The Morgan fingerprint density at radius 2 is 2.12 bits per heavy atom. The maximum Gasteiger partial charge on any atom is 0.332 e. The molecule has 2 aromatic rings. The first-order chi connectivity index (χ1) is 11.5. The monoisotopic (exact) mass is 439 g/mol. The molecule has 126 valence electrons. The minimum atomic E-state index is -0.717. The van der Waals surface area contributed by atoms with Gasteiger partial charge in [0.15, 0.2) is 11.5 Å². The molecule has 0 bridgehead atoms. The van der Waals surface area contributed by atoms with Crippen LogP contribution in [0.5, 0.6) is 11.5 Å². The van der Waals surface area contributed by atoms with Crippen LogP contribution in [-0.4, -0.2) is 19.4 Å². The number of nitrogens with zero attached hydrogens (tertiary/aromatic N) is 1. The van der Waals surface area contributed by atoms with Crippen LogP contribution < -0.4 is 20.6 Å². The van der Waals surface area contributed by atoms with Gasteiger partial charge in [0.05, 0.1) is 16.9 Å². The summed E-state index contributed by atoms with van der Waals surface area (Å²) in [5, 5.41) is 3.74. The number of primary amides is 1. The maximum absolute atomic E-state index is 10.6. The lowest BCUT2D eigenvalue weighted by atomic mass is 10.1. The van der Waals surface area contributed by atoms with E-state index in [0.29, 0.717) is 18.1 Å². The Bertz CT molecular complexity index is 763. The van der Waals surface area contributed by atoms with Crippen LogP contribution in [0, 0.1) is 10.5 Å². The molecule has 0 saturated heterocycles. The van der Waals surface area contributed by atoms with E-state index in [2.05, 4.69) is 33.1 Å². The summed E-state index contributed by atoms with van der Waals surface area (Å²) in [6, 6.07) is 11.0. The summed E-state index contributed by atoms with van der Waals surface area (Å²) in [5.41, 5.74) is 10.2. The number of hydrogen-bond acceptors (Lipinski definition) is 4. The van der Waals surface area contributed by atoms with Gasteiger partial charge in [-0.05, 0) is 58.3 Å².